The third-order valence-electron chi connectivity index (χ3n) is 4.69. The van der Waals surface area contributed by atoms with Gasteiger partial charge in [-0.2, -0.15) is 0 Å². The van der Waals surface area contributed by atoms with E-state index in [-0.39, 0.29) is 23.7 Å². The summed E-state index contributed by atoms with van der Waals surface area (Å²) in [7, 11) is -2.83. The monoisotopic (exact) mass is 345 g/mol. The molecule has 0 bridgehead atoms. The van der Waals surface area contributed by atoms with Crippen LogP contribution in [-0.4, -0.2) is 68.2 Å². The van der Waals surface area contributed by atoms with Crippen molar-refractivity contribution in [3.8, 4) is 0 Å². The minimum atomic E-state index is -2.83. The largest absolute Gasteiger partial charge is 0.393 e. The highest BCUT2D eigenvalue weighted by molar-refractivity contribution is 7.91. The molecule has 2 aliphatic rings. The minimum absolute atomic E-state index is 0.180. The van der Waals surface area contributed by atoms with Crippen molar-refractivity contribution in [1.82, 2.24) is 10.2 Å². The average molecular weight is 346 g/mol. The molecule has 6 nitrogen and oxygen atoms in total. The summed E-state index contributed by atoms with van der Waals surface area (Å²) in [4.78, 5) is 6.89. The van der Waals surface area contributed by atoms with Crippen molar-refractivity contribution in [2.75, 3.05) is 37.7 Å². The van der Waals surface area contributed by atoms with Crippen LogP contribution in [0.3, 0.4) is 0 Å². The summed E-state index contributed by atoms with van der Waals surface area (Å²) < 4.78 is 23.2. The smallest absolute Gasteiger partial charge is 0.193 e. The number of likely N-dealkylation sites (tertiary alicyclic amines) is 1. The van der Waals surface area contributed by atoms with Crippen LogP contribution in [0.5, 0.6) is 0 Å². The molecule has 134 valence electrons. The molecule has 23 heavy (non-hydrogen) atoms. The van der Waals surface area contributed by atoms with Crippen LogP contribution in [0.4, 0.5) is 0 Å². The summed E-state index contributed by atoms with van der Waals surface area (Å²) in [6.07, 6.45) is 1.41. The van der Waals surface area contributed by atoms with Gasteiger partial charge in [0, 0.05) is 32.1 Å². The Bertz CT molecular complexity index is 517. The van der Waals surface area contributed by atoms with E-state index in [4.69, 9.17) is 4.99 Å². The Hall–Kier alpha value is -0.820. The van der Waals surface area contributed by atoms with E-state index >= 15 is 0 Å². The second-order valence-corrected chi connectivity index (χ2v) is 9.67. The van der Waals surface area contributed by atoms with E-state index in [1.807, 2.05) is 6.92 Å². The number of hydrogen-bond acceptors (Lipinski definition) is 4. The zero-order chi connectivity index (χ0) is 17.0. The SMILES string of the molecule is CC(C)CN=C(NCC1CCS(=O)(=O)C1)N1CCC(C(C)O)C1. The fraction of sp³-hybridized carbons (Fsp3) is 0.938. The quantitative estimate of drug-likeness (QED) is 0.567. The number of nitrogens with zero attached hydrogens (tertiary/aromatic N) is 2. The lowest BCUT2D eigenvalue weighted by molar-refractivity contribution is 0.132. The number of hydrogen-bond donors (Lipinski definition) is 2. The van der Waals surface area contributed by atoms with Crippen LogP contribution >= 0.6 is 0 Å². The molecule has 2 rings (SSSR count). The standard InChI is InChI=1S/C16H31N3O3S/c1-12(2)8-17-16(19-6-4-15(10-19)13(3)20)18-9-14-5-7-23(21,22)11-14/h12-15,20H,4-11H2,1-3H3,(H,17,18). The maximum Gasteiger partial charge on any atom is 0.193 e. The molecule has 2 heterocycles. The first-order valence-corrected chi connectivity index (χ1v) is 10.5. The zero-order valence-electron chi connectivity index (χ0n) is 14.5. The first-order chi connectivity index (χ1) is 10.8. The van der Waals surface area contributed by atoms with Crippen LogP contribution in [0.1, 0.15) is 33.6 Å². The Balaban J connectivity index is 1.94. The molecule has 0 amide bonds. The molecule has 7 heteroatoms. The number of guanidine groups is 1. The number of aliphatic hydroxyl groups excluding tert-OH is 1. The number of rotatable bonds is 5. The third-order valence-corrected chi connectivity index (χ3v) is 6.53. The van der Waals surface area contributed by atoms with Crippen LogP contribution in [0.15, 0.2) is 4.99 Å². The van der Waals surface area contributed by atoms with E-state index in [2.05, 4.69) is 24.1 Å². The van der Waals surface area contributed by atoms with Crippen molar-refractivity contribution in [1.29, 1.82) is 0 Å². The average Bonchev–Trinajstić information content (AvgIpc) is 3.05. The van der Waals surface area contributed by atoms with Gasteiger partial charge in [-0.1, -0.05) is 13.8 Å². The Morgan fingerprint density at radius 2 is 2.09 bits per heavy atom. The molecule has 0 spiro atoms. The predicted octanol–water partition coefficient (Wildman–Crippen LogP) is 0.725. The van der Waals surface area contributed by atoms with Gasteiger partial charge < -0.3 is 15.3 Å². The molecule has 0 aromatic heterocycles. The number of sulfone groups is 1. The molecular formula is C16H31N3O3S. The van der Waals surface area contributed by atoms with Gasteiger partial charge in [0.2, 0.25) is 0 Å². The van der Waals surface area contributed by atoms with Crippen LogP contribution in [0.25, 0.3) is 0 Å². The van der Waals surface area contributed by atoms with E-state index < -0.39 is 9.84 Å². The molecule has 3 unspecified atom stereocenters. The molecule has 2 aliphatic heterocycles. The Morgan fingerprint density at radius 1 is 1.35 bits per heavy atom. The molecule has 2 fully saturated rings. The second kappa shape index (κ2) is 7.83. The normalized spacial score (nSPS) is 29.3. The van der Waals surface area contributed by atoms with Crippen LogP contribution < -0.4 is 5.32 Å². The molecule has 0 radical (unpaired) electrons. The summed E-state index contributed by atoms with van der Waals surface area (Å²) in [5, 5.41) is 13.2. The third kappa shape index (κ3) is 5.64. The maximum atomic E-state index is 11.6. The van der Waals surface area contributed by atoms with Crippen LogP contribution in [0, 0.1) is 17.8 Å². The Kier molecular flexibility index (Phi) is 6.31. The Morgan fingerprint density at radius 3 is 2.61 bits per heavy atom. The van der Waals surface area contributed by atoms with Crippen molar-refractivity contribution in [3.05, 3.63) is 0 Å². The fourth-order valence-corrected chi connectivity index (χ4v) is 5.04. The van der Waals surface area contributed by atoms with Gasteiger partial charge >= 0.3 is 0 Å². The van der Waals surface area contributed by atoms with Crippen molar-refractivity contribution in [3.63, 3.8) is 0 Å². The fourth-order valence-electron chi connectivity index (χ4n) is 3.18. The number of aliphatic imine (C=N–C) groups is 1. The van der Waals surface area contributed by atoms with Crippen LogP contribution in [-0.2, 0) is 9.84 Å². The van der Waals surface area contributed by atoms with E-state index in [9.17, 15) is 13.5 Å². The molecule has 0 aliphatic carbocycles. The summed E-state index contributed by atoms with van der Waals surface area (Å²) in [5.74, 6) is 2.41. The van der Waals surface area contributed by atoms with E-state index in [0.717, 1.165) is 38.4 Å². The van der Waals surface area contributed by atoms with E-state index in [1.165, 1.54) is 0 Å². The van der Waals surface area contributed by atoms with Gasteiger partial charge in [-0.25, -0.2) is 8.42 Å². The molecule has 3 atom stereocenters. The highest BCUT2D eigenvalue weighted by Gasteiger charge is 2.30. The van der Waals surface area contributed by atoms with Gasteiger partial charge in [0.1, 0.15) is 0 Å². The number of aliphatic hydroxyl groups is 1. The van der Waals surface area contributed by atoms with Crippen molar-refractivity contribution >= 4 is 15.8 Å². The molecule has 2 N–H and O–H groups in total. The molecule has 2 saturated heterocycles. The van der Waals surface area contributed by atoms with Gasteiger partial charge in [-0.15, -0.1) is 0 Å². The van der Waals surface area contributed by atoms with Gasteiger partial charge in [0.15, 0.2) is 15.8 Å². The first-order valence-electron chi connectivity index (χ1n) is 8.68. The second-order valence-electron chi connectivity index (χ2n) is 7.44. The molecule has 0 aromatic rings. The van der Waals surface area contributed by atoms with Gasteiger partial charge in [0.05, 0.1) is 17.6 Å². The first kappa shape index (κ1) is 18.5. The topological polar surface area (TPSA) is 82.0 Å². The summed E-state index contributed by atoms with van der Waals surface area (Å²) in [6.45, 7) is 9.22. The predicted molar refractivity (Wildman–Crippen MR) is 93.3 cm³/mol. The van der Waals surface area contributed by atoms with Gasteiger partial charge in [-0.05, 0) is 31.6 Å². The highest BCUT2D eigenvalue weighted by atomic mass is 32.2. The minimum Gasteiger partial charge on any atom is -0.393 e. The summed E-state index contributed by atoms with van der Waals surface area (Å²) >= 11 is 0. The molecule has 0 saturated carbocycles. The van der Waals surface area contributed by atoms with Crippen LogP contribution in [0.2, 0.25) is 0 Å². The number of nitrogens with one attached hydrogen (secondary N) is 1. The van der Waals surface area contributed by atoms with E-state index in [1.54, 1.807) is 0 Å². The Labute approximate surface area is 140 Å². The lowest BCUT2D eigenvalue weighted by atomic mass is 10.0. The van der Waals surface area contributed by atoms with Gasteiger partial charge in [0.25, 0.3) is 0 Å². The maximum absolute atomic E-state index is 11.6. The van der Waals surface area contributed by atoms with Crippen molar-refractivity contribution < 1.29 is 13.5 Å². The lowest BCUT2D eigenvalue weighted by Gasteiger charge is -2.24. The lowest BCUT2D eigenvalue weighted by Crippen LogP contribution is -2.43. The summed E-state index contributed by atoms with van der Waals surface area (Å²) in [5.41, 5.74) is 0. The molecule has 0 aromatic carbocycles. The highest BCUT2D eigenvalue weighted by Crippen LogP contribution is 2.21. The van der Waals surface area contributed by atoms with E-state index in [0.29, 0.717) is 18.2 Å². The zero-order valence-corrected chi connectivity index (χ0v) is 15.3. The van der Waals surface area contributed by atoms with Crippen molar-refractivity contribution in [2.45, 2.75) is 39.7 Å². The molecular weight excluding hydrogens is 314 g/mol. The van der Waals surface area contributed by atoms with Gasteiger partial charge in [-0.3, -0.25) is 4.99 Å². The van der Waals surface area contributed by atoms with Crippen molar-refractivity contribution in [2.24, 2.45) is 22.7 Å². The summed E-state index contributed by atoms with van der Waals surface area (Å²) in [6, 6.07) is 0.